The van der Waals surface area contributed by atoms with Crippen molar-refractivity contribution in [2.24, 2.45) is 11.8 Å². The van der Waals surface area contributed by atoms with Crippen molar-refractivity contribution < 1.29 is 0 Å². The second kappa shape index (κ2) is 9.85. The van der Waals surface area contributed by atoms with Gasteiger partial charge in [0.25, 0.3) is 0 Å². The third-order valence-electron chi connectivity index (χ3n) is 4.41. The normalized spacial score (nSPS) is 14.1. The maximum atomic E-state index is 3.69. The van der Waals surface area contributed by atoms with E-state index in [1.807, 2.05) is 0 Å². The van der Waals surface area contributed by atoms with Gasteiger partial charge in [0.1, 0.15) is 0 Å². The maximum Gasteiger partial charge on any atom is 0.0392 e. The van der Waals surface area contributed by atoms with Crippen LogP contribution < -0.4 is 10.6 Å². The van der Waals surface area contributed by atoms with Crippen LogP contribution in [0.1, 0.15) is 72.8 Å². The van der Waals surface area contributed by atoms with Crippen molar-refractivity contribution in [1.82, 2.24) is 0 Å². The zero-order valence-corrected chi connectivity index (χ0v) is 16.4. The molecule has 0 aliphatic carbocycles. The van der Waals surface area contributed by atoms with E-state index in [0.29, 0.717) is 12.1 Å². The second-order valence-corrected chi connectivity index (χ2v) is 8.06. The van der Waals surface area contributed by atoms with Crippen molar-refractivity contribution in [1.29, 1.82) is 0 Å². The molecule has 132 valence electrons. The molecule has 0 amide bonds. The predicted octanol–water partition coefficient (Wildman–Crippen LogP) is 6.47. The molecular weight excluding hydrogens is 280 g/mol. The lowest BCUT2D eigenvalue weighted by Gasteiger charge is -2.21. The Morgan fingerprint density at radius 1 is 0.739 bits per heavy atom. The third-order valence-corrected chi connectivity index (χ3v) is 4.41. The van der Waals surface area contributed by atoms with E-state index in [9.17, 15) is 0 Å². The minimum atomic E-state index is 0.518. The van der Waals surface area contributed by atoms with E-state index in [1.165, 1.54) is 42.6 Å². The fourth-order valence-corrected chi connectivity index (χ4v) is 2.73. The molecule has 2 N–H and O–H groups in total. The molecule has 2 atom stereocenters. The van der Waals surface area contributed by atoms with E-state index in [-0.39, 0.29) is 0 Å². The molecule has 0 aliphatic heterocycles. The summed E-state index contributed by atoms with van der Waals surface area (Å²) >= 11 is 0. The summed E-state index contributed by atoms with van der Waals surface area (Å²) in [4.78, 5) is 0. The molecule has 2 unspecified atom stereocenters. The van der Waals surface area contributed by atoms with Gasteiger partial charge in [0.2, 0.25) is 0 Å². The number of hydrogen-bond donors (Lipinski definition) is 2. The standard InChI is InChI=1S/C21H38N2/c1-15(2)8-11-18(6)22-20-13-10-17(5)21(14-20)23-19(7)12-9-16(3)4/h10,13-16,18-19,22-23H,8-9,11-12H2,1-7H3. The van der Waals surface area contributed by atoms with Gasteiger partial charge in [-0.05, 0) is 76.0 Å². The molecule has 23 heavy (non-hydrogen) atoms. The molecule has 1 aromatic rings. The molecule has 0 heterocycles. The molecule has 0 bridgehead atoms. The largest absolute Gasteiger partial charge is 0.383 e. The number of aryl methyl sites for hydroxylation is 1. The minimum absolute atomic E-state index is 0.518. The van der Waals surface area contributed by atoms with Crippen LogP contribution in [0.4, 0.5) is 11.4 Å². The van der Waals surface area contributed by atoms with Crippen molar-refractivity contribution >= 4 is 11.4 Å². The lowest BCUT2D eigenvalue weighted by Crippen LogP contribution is -2.18. The highest BCUT2D eigenvalue weighted by atomic mass is 14.9. The van der Waals surface area contributed by atoms with Crippen LogP contribution in [0.2, 0.25) is 0 Å². The summed E-state index contributed by atoms with van der Waals surface area (Å²) < 4.78 is 0. The van der Waals surface area contributed by atoms with Gasteiger partial charge in [0.05, 0.1) is 0 Å². The van der Waals surface area contributed by atoms with Gasteiger partial charge in [0, 0.05) is 23.5 Å². The number of benzene rings is 1. The molecular formula is C21H38N2. The zero-order valence-electron chi connectivity index (χ0n) is 16.4. The van der Waals surface area contributed by atoms with E-state index < -0.39 is 0 Å². The smallest absolute Gasteiger partial charge is 0.0392 e. The first-order chi connectivity index (χ1) is 10.8. The topological polar surface area (TPSA) is 24.1 Å². The minimum Gasteiger partial charge on any atom is -0.383 e. The summed E-state index contributed by atoms with van der Waals surface area (Å²) in [5.74, 6) is 1.55. The van der Waals surface area contributed by atoms with Gasteiger partial charge in [0.15, 0.2) is 0 Å². The monoisotopic (exact) mass is 318 g/mol. The van der Waals surface area contributed by atoms with E-state index in [2.05, 4.69) is 77.3 Å². The highest BCUT2D eigenvalue weighted by Crippen LogP contribution is 2.23. The van der Waals surface area contributed by atoms with Crippen LogP contribution >= 0.6 is 0 Å². The fraction of sp³-hybridized carbons (Fsp3) is 0.714. The Bertz CT molecular complexity index is 451. The van der Waals surface area contributed by atoms with E-state index in [1.54, 1.807) is 0 Å². The highest BCUT2D eigenvalue weighted by Gasteiger charge is 2.08. The van der Waals surface area contributed by atoms with Crippen molar-refractivity contribution in [2.45, 2.75) is 86.2 Å². The Morgan fingerprint density at radius 2 is 1.26 bits per heavy atom. The summed E-state index contributed by atoms with van der Waals surface area (Å²) in [6.45, 7) is 15.9. The molecule has 2 nitrogen and oxygen atoms in total. The summed E-state index contributed by atoms with van der Waals surface area (Å²) in [6, 6.07) is 7.73. The van der Waals surface area contributed by atoms with Crippen LogP contribution in [-0.2, 0) is 0 Å². The van der Waals surface area contributed by atoms with Crippen LogP contribution in [-0.4, -0.2) is 12.1 Å². The maximum absolute atomic E-state index is 3.69. The average molecular weight is 319 g/mol. The number of rotatable bonds is 10. The van der Waals surface area contributed by atoms with Crippen molar-refractivity contribution in [2.75, 3.05) is 10.6 Å². The van der Waals surface area contributed by atoms with Crippen LogP contribution in [0, 0.1) is 18.8 Å². The van der Waals surface area contributed by atoms with Crippen LogP contribution in [0.15, 0.2) is 18.2 Å². The first-order valence-corrected chi connectivity index (χ1v) is 9.41. The van der Waals surface area contributed by atoms with Crippen molar-refractivity contribution in [3.05, 3.63) is 23.8 Å². The summed E-state index contributed by atoms with van der Waals surface area (Å²) in [5, 5.41) is 7.34. The van der Waals surface area contributed by atoms with Crippen LogP contribution in [0.25, 0.3) is 0 Å². The Labute approximate surface area is 144 Å². The Balaban J connectivity index is 2.60. The van der Waals surface area contributed by atoms with E-state index >= 15 is 0 Å². The van der Waals surface area contributed by atoms with Gasteiger partial charge in [-0.3, -0.25) is 0 Å². The second-order valence-electron chi connectivity index (χ2n) is 8.06. The molecule has 2 heteroatoms. The summed E-state index contributed by atoms with van der Waals surface area (Å²) in [5.41, 5.74) is 3.81. The lowest BCUT2D eigenvalue weighted by molar-refractivity contribution is 0.527. The molecule has 0 aromatic heterocycles. The van der Waals surface area contributed by atoms with Gasteiger partial charge >= 0.3 is 0 Å². The van der Waals surface area contributed by atoms with Gasteiger partial charge in [-0.25, -0.2) is 0 Å². The van der Waals surface area contributed by atoms with Crippen molar-refractivity contribution in [3.8, 4) is 0 Å². The summed E-state index contributed by atoms with van der Waals surface area (Å²) in [6.07, 6.45) is 4.99. The van der Waals surface area contributed by atoms with Crippen LogP contribution in [0.5, 0.6) is 0 Å². The molecule has 1 aromatic carbocycles. The number of hydrogen-bond acceptors (Lipinski definition) is 2. The fourth-order valence-electron chi connectivity index (χ4n) is 2.73. The number of nitrogens with one attached hydrogen (secondary N) is 2. The Hall–Kier alpha value is -1.18. The van der Waals surface area contributed by atoms with Crippen LogP contribution in [0.3, 0.4) is 0 Å². The molecule has 0 saturated carbocycles. The SMILES string of the molecule is Cc1ccc(NC(C)CCC(C)C)cc1NC(C)CCC(C)C. The van der Waals surface area contributed by atoms with Crippen molar-refractivity contribution in [3.63, 3.8) is 0 Å². The number of anilines is 2. The van der Waals surface area contributed by atoms with E-state index in [4.69, 9.17) is 0 Å². The first-order valence-electron chi connectivity index (χ1n) is 9.41. The first kappa shape index (κ1) is 19.9. The van der Waals surface area contributed by atoms with Gasteiger partial charge < -0.3 is 10.6 Å². The molecule has 0 aliphatic rings. The highest BCUT2D eigenvalue weighted by molar-refractivity contribution is 5.61. The van der Waals surface area contributed by atoms with E-state index in [0.717, 1.165) is 11.8 Å². The third kappa shape index (κ3) is 8.29. The zero-order chi connectivity index (χ0) is 17.4. The lowest BCUT2D eigenvalue weighted by atomic mass is 10.0. The van der Waals surface area contributed by atoms with Gasteiger partial charge in [-0.2, -0.15) is 0 Å². The van der Waals surface area contributed by atoms with Gasteiger partial charge in [-0.15, -0.1) is 0 Å². The Kier molecular flexibility index (Phi) is 8.51. The Morgan fingerprint density at radius 3 is 1.78 bits per heavy atom. The average Bonchev–Trinajstić information content (AvgIpc) is 2.46. The molecule has 0 fully saturated rings. The summed E-state index contributed by atoms with van der Waals surface area (Å²) in [7, 11) is 0. The van der Waals surface area contributed by atoms with Gasteiger partial charge in [-0.1, -0.05) is 33.8 Å². The quantitative estimate of drug-likeness (QED) is 0.516. The predicted molar refractivity (Wildman–Crippen MR) is 105 cm³/mol. The molecule has 0 saturated heterocycles. The molecule has 1 rings (SSSR count). The molecule has 0 spiro atoms. The molecule has 0 radical (unpaired) electrons.